The molecule has 0 aliphatic rings. The highest BCUT2D eigenvalue weighted by molar-refractivity contribution is 7.36. The summed E-state index contributed by atoms with van der Waals surface area (Å²) >= 11 is 12.0. The fourth-order valence-electron chi connectivity index (χ4n) is 10.1. The molecule has 266 valence electrons. The fourth-order valence-corrected chi connectivity index (χ4v) is 34.2. The van der Waals surface area contributed by atoms with Gasteiger partial charge in [-0.25, -0.2) is 0 Å². The second kappa shape index (κ2) is 15.2. The zero-order valence-corrected chi connectivity index (χ0v) is 38.7. The van der Waals surface area contributed by atoms with Crippen molar-refractivity contribution in [1.29, 1.82) is 0 Å². The van der Waals surface area contributed by atoms with Gasteiger partial charge < -0.3 is 0 Å². The van der Waals surface area contributed by atoms with E-state index in [-0.39, 0.29) is 0 Å². The van der Waals surface area contributed by atoms with Crippen LogP contribution in [0.15, 0.2) is 70.1 Å². The number of rotatable bonds is 13. The largest absolute Gasteiger partial charge is 0.144 e. The summed E-state index contributed by atoms with van der Waals surface area (Å²) in [6.07, 6.45) is 0. The molecule has 0 N–H and O–H groups in total. The maximum absolute atomic E-state index is 2.58. The van der Waals surface area contributed by atoms with Crippen LogP contribution >= 0.6 is 68.0 Å². The Balaban J connectivity index is 1.90. The first-order valence-corrected chi connectivity index (χ1v) is 27.9. The third-order valence-electron chi connectivity index (χ3n) is 11.6. The lowest BCUT2D eigenvalue weighted by Gasteiger charge is -2.49. The van der Waals surface area contributed by atoms with Crippen LogP contribution in [0, 0.1) is 0 Å². The minimum absolute atomic E-state index is 0.629. The van der Waals surface area contributed by atoms with Crippen LogP contribution in [-0.4, -0.2) is 16.1 Å². The van der Waals surface area contributed by atoms with Crippen molar-refractivity contribution in [2.45, 2.75) is 116 Å². The van der Waals surface area contributed by atoms with Crippen molar-refractivity contribution in [1.82, 2.24) is 0 Å². The predicted octanol–water partition coefficient (Wildman–Crippen LogP) is 16.2. The first kappa shape index (κ1) is 38.4. The Bertz CT molecular complexity index is 1920. The van der Waals surface area contributed by atoms with Crippen molar-refractivity contribution in [3.63, 3.8) is 0 Å². The molecule has 0 fully saturated rings. The Kier molecular flexibility index (Phi) is 11.6. The van der Waals surface area contributed by atoms with Gasteiger partial charge in [-0.3, -0.25) is 0 Å². The van der Waals surface area contributed by atoms with E-state index in [9.17, 15) is 0 Å². The van der Waals surface area contributed by atoms with Gasteiger partial charge in [-0.05, 0) is 88.7 Å². The summed E-state index contributed by atoms with van der Waals surface area (Å²) in [6.45, 7) is 31.0. The highest BCUT2D eigenvalue weighted by Crippen LogP contribution is 2.58. The molecule has 0 aromatic carbocycles. The molecule has 0 aliphatic heterocycles. The molecule has 0 saturated heterocycles. The summed E-state index contributed by atoms with van der Waals surface area (Å²) in [5.74, 6) is 0. The highest BCUT2D eigenvalue weighted by Gasteiger charge is 2.55. The molecule has 8 heteroatoms. The van der Waals surface area contributed by atoms with Crippen LogP contribution < -0.4 is 9.69 Å². The van der Waals surface area contributed by atoms with Gasteiger partial charge in [0.05, 0.1) is 22.7 Å². The minimum Gasteiger partial charge on any atom is -0.144 e. The van der Waals surface area contributed by atoms with E-state index in [1.54, 1.807) is 10.4 Å². The fraction of sp³-hybridized carbons (Fsp3) is 0.429. The molecule has 0 spiro atoms. The maximum Gasteiger partial charge on any atom is 0.107 e. The standard InChI is InChI=1S/C42H54S6Si2/c1-25(2)49(26(3)4,27(5)6)41-37(33-19-15-23-45-33)40(48-42(41)50(28(7)8,29(9)10)30(11)12)39-36(32-18-14-22-44-32)35(31-17-13-21-43-31)38(47-39)34-20-16-24-46-34/h13-30H,1-12H3. The Hall–Kier alpha value is -1.37. The van der Waals surface area contributed by atoms with Gasteiger partial charge in [0.1, 0.15) is 8.07 Å². The molecular weight excluding hydrogens is 753 g/mol. The van der Waals surface area contributed by atoms with Gasteiger partial charge in [-0.15, -0.1) is 68.0 Å². The van der Waals surface area contributed by atoms with Crippen LogP contribution in [0.25, 0.3) is 50.8 Å². The molecule has 6 heterocycles. The maximum atomic E-state index is 2.58. The average molecular weight is 807 g/mol. The van der Waals surface area contributed by atoms with Crippen molar-refractivity contribution in [3.8, 4) is 50.8 Å². The highest BCUT2D eigenvalue weighted by atomic mass is 32.1. The van der Waals surface area contributed by atoms with Crippen molar-refractivity contribution in [2.24, 2.45) is 0 Å². The van der Waals surface area contributed by atoms with Gasteiger partial charge in [0.25, 0.3) is 0 Å². The summed E-state index contributed by atoms with van der Waals surface area (Å²) in [5, 5.41) is 10.9. The van der Waals surface area contributed by atoms with Crippen LogP contribution in [-0.2, 0) is 0 Å². The van der Waals surface area contributed by atoms with Gasteiger partial charge in [-0.2, -0.15) is 0 Å². The van der Waals surface area contributed by atoms with Gasteiger partial charge in [0, 0.05) is 36.2 Å². The zero-order chi connectivity index (χ0) is 36.1. The van der Waals surface area contributed by atoms with Gasteiger partial charge in [0.15, 0.2) is 0 Å². The summed E-state index contributed by atoms with van der Waals surface area (Å²) in [7, 11) is -4.22. The van der Waals surface area contributed by atoms with Crippen LogP contribution in [0.2, 0.25) is 33.2 Å². The Morgan fingerprint density at radius 1 is 0.380 bits per heavy atom. The lowest BCUT2D eigenvalue weighted by Crippen LogP contribution is -2.68. The summed E-state index contributed by atoms with van der Waals surface area (Å²) in [4.78, 5) is 10.1. The molecule has 0 atom stereocenters. The van der Waals surface area contributed by atoms with Crippen molar-refractivity contribution in [2.75, 3.05) is 0 Å². The molecule has 0 amide bonds. The molecule has 6 aromatic rings. The van der Waals surface area contributed by atoms with Crippen molar-refractivity contribution < 1.29 is 0 Å². The van der Waals surface area contributed by atoms with Crippen LogP contribution in [0.1, 0.15) is 83.1 Å². The minimum atomic E-state index is -2.14. The molecule has 6 rings (SSSR count). The summed E-state index contributed by atoms with van der Waals surface area (Å²) in [6, 6.07) is 18.5. The van der Waals surface area contributed by atoms with Gasteiger partial charge in [-0.1, -0.05) is 107 Å². The Labute approximate surface area is 328 Å². The normalized spacial score (nSPS) is 13.1. The Morgan fingerprint density at radius 2 is 0.720 bits per heavy atom. The topological polar surface area (TPSA) is 0 Å². The molecule has 50 heavy (non-hydrogen) atoms. The van der Waals surface area contributed by atoms with E-state index in [0.29, 0.717) is 33.2 Å². The van der Waals surface area contributed by atoms with Crippen LogP contribution in [0.5, 0.6) is 0 Å². The second-order valence-electron chi connectivity index (χ2n) is 15.7. The quantitative estimate of drug-likeness (QED) is 0.102. The van der Waals surface area contributed by atoms with E-state index in [0.717, 1.165) is 0 Å². The molecule has 0 radical (unpaired) electrons. The molecule has 0 nitrogen and oxygen atoms in total. The molecule has 0 saturated carbocycles. The summed E-state index contributed by atoms with van der Waals surface area (Å²) in [5.41, 5.74) is 8.30. The number of thiophene rings is 6. The molecule has 0 bridgehead atoms. The summed E-state index contributed by atoms with van der Waals surface area (Å²) < 4.78 is 1.85. The molecular formula is C42H54S6Si2. The SMILES string of the molecule is CC(C)[Si](c1sc(-c2sc(-c3cccs3)c(-c3cccs3)c2-c2cccs2)c(-c2cccs2)c1[Si](C(C)C)(C(C)C)C(C)C)(C(C)C)C(C)C. The van der Waals surface area contributed by atoms with E-state index >= 15 is 0 Å². The average Bonchev–Trinajstić information content (AvgIpc) is 3.88. The predicted molar refractivity (Wildman–Crippen MR) is 242 cm³/mol. The van der Waals surface area contributed by atoms with E-state index in [1.165, 1.54) is 40.4 Å². The van der Waals surface area contributed by atoms with Crippen molar-refractivity contribution >= 4 is 93.9 Å². The van der Waals surface area contributed by atoms with Gasteiger partial charge in [0.2, 0.25) is 0 Å². The third kappa shape index (κ3) is 6.06. The smallest absolute Gasteiger partial charge is 0.107 e. The first-order chi connectivity index (χ1) is 23.8. The molecule has 6 aromatic heterocycles. The van der Waals surface area contributed by atoms with E-state index < -0.39 is 16.1 Å². The van der Waals surface area contributed by atoms with Crippen LogP contribution in [0.4, 0.5) is 0 Å². The van der Waals surface area contributed by atoms with Crippen LogP contribution in [0.3, 0.4) is 0 Å². The van der Waals surface area contributed by atoms with Crippen molar-refractivity contribution in [3.05, 3.63) is 70.1 Å². The van der Waals surface area contributed by atoms with E-state index in [1.807, 2.05) is 55.0 Å². The molecule has 0 unspecified atom stereocenters. The molecule has 0 aliphatic carbocycles. The lowest BCUT2D eigenvalue weighted by atomic mass is 10.0. The number of hydrogen-bond acceptors (Lipinski definition) is 6. The number of hydrogen-bond donors (Lipinski definition) is 0. The zero-order valence-electron chi connectivity index (χ0n) is 31.8. The Morgan fingerprint density at radius 3 is 1.08 bits per heavy atom. The van der Waals surface area contributed by atoms with E-state index in [4.69, 9.17) is 0 Å². The lowest BCUT2D eigenvalue weighted by molar-refractivity contribution is 0.829. The first-order valence-electron chi connectivity index (χ1n) is 18.3. The third-order valence-corrected chi connectivity index (χ3v) is 33.4. The van der Waals surface area contributed by atoms with E-state index in [2.05, 4.69) is 176 Å². The monoisotopic (exact) mass is 806 g/mol. The van der Waals surface area contributed by atoms with Gasteiger partial charge >= 0.3 is 0 Å². The second-order valence-corrected chi connectivity index (χ2v) is 33.6.